The Balaban J connectivity index is 1.73. The van der Waals surface area contributed by atoms with Crippen LogP contribution in [0.3, 0.4) is 0 Å². The second-order valence-corrected chi connectivity index (χ2v) is 7.08. The Kier molecular flexibility index (Phi) is 6.95. The fourth-order valence-corrected chi connectivity index (χ4v) is 3.34. The summed E-state index contributed by atoms with van der Waals surface area (Å²) in [4.78, 5) is 22.9. The number of pyridine rings is 2. The summed E-state index contributed by atoms with van der Waals surface area (Å²) in [6.45, 7) is 4.94. The number of hydrogen-bond donors (Lipinski definition) is 1. The average molecular weight is 389 g/mol. The predicted molar refractivity (Wildman–Crippen MR) is 118 cm³/mol. The van der Waals surface area contributed by atoms with Gasteiger partial charge in [0.05, 0.1) is 17.4 Å². The van der Waals surface area contributed by atoms with Gasteiger partial charge in [-0.15, -0.1) is 0 Å². The molecule has 29 heavy (non-hydrogen) atoms. The van der Waals surface area contributed by atoms with Crippen molar-refractivity contribution < 1.29 is 4.79 Å². The minimum absolute atomic E-state index is 0.0327. The van der Waals surface area contributed by atoms with Crippen molar-refractivity contribution in [2.24, 2.45) is 0 Å². The number of aromatic nitrogens is 2. The van der Waals surface area contributed by atoms with Crippen LogP contribution in [0.25, 0.3) is 0 Å². The second-order valence-electron chi connectivity index (χ2n) is 7.08. The van der Waals surface area contributed by atoms with Crippen LogP contribution in [-0.4, -0.2) is 34.4 Å². The Hall–Kier alpha value is -3.21. The lowest BCUT2D eigenvalue weighted by atomic mass is 10.0. The van der Waals surface area contributed by atoms with Crippen LogP contribution in [0.15, 0.2) is 61.2 Å². The van der Waals surface area contributed by atoms with E-state index in [1.807, 2.05) is 25.2 Å². The molecule has 5 nitrogen and oxygen atoms in total. The third-order valence-electron chi connectivity index (χ3n) is 5.09. The summed E-state index contributed by atoms with van der Waals surface area (Å²) in [7, 11) is 1.82. The largest absolute Gasteiger partial charge is 0.354 e. The highest BCUT2D eigenvalue weighted by Gasteiger charge is 2.14. The molecule has 0 fully saturated rings. The Morgan fingerprint density at radius 2 is 1.69 bits per heavy atom. The van der Waals surface area contributed by atoms with Crippen LogP contribution in [0, 0.1) is 0 Å². The highest BCUT2D eigenvalue weighted by atomic mass is 16.2. The van der Waals surface area contributed by atoms with Gasteiger partial charge in [0.1, 0.15) is 0 Å². The molecule has 0 radical (unpaired) electrons. The molecule has 5 heteroatoms. The lowest BCUT2D eigenvalue weighted by Gasteiger charge is -2.18. The highest BCUT2D eigenvalue weighted by Crippen LogP contribution is 2.26. The summed E-state index contributed by atoms with van der Waals surface area (Å²) in [5, 5.41) is 3.49. The van der Waals surface area contributed by atoms with Crippen LogP contribution in [0.4, 0.5) is 11.4 Å². The van der Waals surface area contributed by atoms with E-state index in [9.17, 15) is 4.79 Å². The van der Waals surface area contributed by atoms with Gasteiger partial charge in [0.2, 0.25) is 0 Å². The number of rotatable bonds is 8. The molecular weight excluding hydrogens is 360 g/mol. The number of likely N-dealkylation sites (N-methyl/N-ethyl adjacent to an activating group) is 1. The number of nitrogens with zero attached hydrogens (tertiary/aromatic N) is 3. The van der Waals surface area contributed by atoms with Gasteiger partial charge in [-0.1, -0.05) is 32.0 Å². The van der Waals surface area contributed by atoms with Gasteiger partial charge in [-0.3, -0.25) is 14.8 Å². The molecular formula is C24H28N4O. The summed E-state index contributed by atoms with van der Waals surface area (Å²) in [5.74, 6) is -0.0327. The zero-order valence-corrected chi connectivity index (χ0v) is 17.4. The van der Waals surface area contributed by atoms with E-state index in [4.69, 9.17) is 0 Å². The van der Waals surface area contributed by atoms with Crippen molar-refractivity contribution in [3.63, 3.8) is 0 Å². The summed E-state index contributed by atoms with van der Waals surface area (Å²) in [6.07, 6.45) is 9.62. The minimum Gasteiger partial charge on any atom is -0.354 e. The third-order valence-corrected chi connectivity index (χ3v) is 5.09. The molecule has 0 aliphatic heterocycles. The number of benzene rings is 1. The second kappa shape index (κ2) is 9.82. The number of aryl methyl sites for hydroxylation is 2. The van der Waals surface area contributed by atoms with Crippen molar-refractivity contribution in [2.45, 2.75) is 33.1 Å². The first-order chi connectivity index (χ1) is 14.1. The summed E-state index contributed by atoms with van der Waals surface area (Å²) < 4.78 is 0. The molecule has 0 bridgehead atoms. The van der Waals surface area contributed by atoms with Gasteiger partial charge < -0.3 is 10.2 Å². The van der Waals surface area contributed by atoms with Gasteiger partial charge in [-0.05, 0) is 54.2 Å². The summed E-state index contributed by atoms with van der Waals surface area (Å²) in [5.41, 5.74) is 6.21. The Morgan fingerprint density at radius 3 is 2.34 bits per heavy atom. The SMILES string of the molecule is CCc1cccc(CC)c1Nc1cncc(C(=O)N(C)CCc2ccncc2)c1. The average Bonchev–Trinajstić information content (AvgIpc) is 2.78. The minimum atomic E-state index is -0.0327. The molecule has 3 rings (SSSR count). The number of para-hydroxylation sites is 1. The van der Waals surface area contributed by atoms with Crippen molar-refractivity contribution in [3.05, 3.63) is 83.4 Å². The summed E-state index contributed by atoms with van der Waals surface area (Å²) >= 11 is 0. The van der Waals surface area contributed by atoms with Crippen molar-refractivity contribution >= 4 is 17.3 Å². The van der Waals surface area contributed by atoms with Gasteiger partial charge in [0.25, 0.3) is 5.91 Å². The van der Waals surface area contributed by atoms with Crippen molar-refractivity contribution in [1.82, 2.24) is 14.9 Å². The molecule has 1 N–H and O–H groups in total. The van der Waals surface area contributed by atoms with Gasteiger partial charge in [0, 0.05) is 37.9 Å². The Bertz CT molecular complexity index is 934. The first-order valence-electron chi connectivity index (χ1n) is 10.1. The first kappa shape index (κ1) is 20.5. The number of anilines is 2. The maximum absolute atomic E-state index is 12.9. The number of hydrogen-bond acceptors (Lipinski definition) is 4. The number of amides is 1. The van der Waals surface area contributed by atoms with E-state index in [2.05, 4.69) is 47.3 Å². The van der Waals surface area contributed by atoms with Crippen LogP contribution < -0.4 is 5.32 Å². The third kappa shape index (κ3) is 5.19. The zero-order chi connectivity index (χ0) is 20.6. The van der Waals surface area contributed by atoms with Crippen molar-refractivity contribution in [2.75, 3.05) is 18.9 Å². The molecule has 0 aliphatic carbocycles. The molecule has 2 heterocycles. The number of carbonyl (C=O) groups excluding carboxylic acids is 1. The van der Waals surface area contributed by atoms with Crippen LogP contribution >= 0.6 is 0 Å². The van der Waals surface area contributed by atoms with Crippen LogP contribution in [0.2, 0.25) is 0 Å². The molecule has 3 aromatic rings. The summed E-state index contributed by atoms with van der Waals surface area (Å²) in [6, 6.07) is 12.2. The van der Waals surface area contributed by atoms with Gasteiger partial charge in [-0.25, -0.2) is 0 Å². The fourth-order valence-electron chi connectivity index (χ4n) is 3.34. The van der Waals surface area contributed by atoms with E-state index in [0.29, 0.717) is 12.1 Å². The van der Waals surface area contributed by atoms with Gasteiger partial charge in [-0.2, -0.15) is 0 Å². The Labute approximate surface area is 172 Å². The number of carbonyl (C=O) groups is 1. The van der Waals surface area contributed by atoms with E-state index < -0.39 is 0 Å². The van der Waals surface area contributed by atoms with Crippen LogP contribution in [-0.2, 0) is 19.3 Å². The van der Waals surface area contributed by atoms with Crippen molar-refractivity contribution in [3.8, 4) is 0 Å². The van der Waals surface area contributed by atoms with E-state index in [1.165, 1.54) is 11.1 Å². The molecule has 1 amide bonds. The van der Waals surface area contributed by atoms with Crippen LogP contribution in [0.1, 0.15) is 40.9 Å². The van der Waals surface area contributed by atoms with Gasteiger partial charge >= 0.3 is 0 Å². The van der Waals surface area contributed by atoms with E-state index >= 15 is 0 Å². The van der Waals surface area contributed by atoms with E-state index in [-0.39, 0.29) is 5.91 Å². The number of nitrogens with one attached hydrogen (secondary N) is 1. The smallest absolute Gasteiger partial charge is 0.255 e. The maximum atomic E-state index is 12.9. The van der Waals surface area contributed by atoms with E-state index in [0.717, 1.165) is 36.2 Å². The predicted octanol–water partition coefficient (Wildman–Crippen LogP) is 4.66. The Morgan fingerprint density at radius 1 is 1.00 bits per heavy atom. The molecule has 2 aromatic heterocycles. The molecule has 0 aliphatic rings. The fraction of sp³-hybridized carbons (Fsp3) is 0.292. The standard InChI is InChI=1S/C24H28N4O/c1-4-19-7-6-8-20(5-2)23(19)27-22-15-21(16-26-17-22)24(29)28(3)14-11-18-9-12-25-13-10-18/h6-10,12-13,15-17,27H,4-5,11,14H2,1-3H3. The normalized spacial score (nSPS) is 10.6. The lowest BCUT2D eigenvalue weighted by Crippen LogP contribution is -2.29. The molecule has 0 saturated carbocycles. The molecule has 0 saturated heterocycles. The molecule has 1 aromatic carbocycles. The van der Waals surface area contributed by atoms with Crippen molar-refractivity contribution in [1.29, 1.82) is 0 Å². The quantitative estimate of drug-likeness (QED) is 0.610. The lowest BCUT2D eigenvalue weighted by molar-refractivity contribution is 0.0796. The molecule has 150 valence electrons. The zero-order valence-electron chi connectivity index (χ0n) is 17.4. The van der Waals surface area contributed by atoms with Crippen LogP contribution in [0.5, 0.6) is 0 Å². The molecule has 0 unspecified atom stereocenters. The first-order valence-corrected chi connectivity index (χ1v) is 10.1. The topological polar surface area (TPSA) is 58.1 Å². The maximum Gasteiger partial charge on any atom is 0.255 e. The van der Waals surface area contributed by atoms with E-state index in [1.54, 1.807) is 29.7 Å². The molecule has 0 atom stereocenters. The highest BCUT2D eigenvalue weighted by molar-refractivity contribution is 5.94. The monoisotopic (exact) mass is 388 g/mol. The molecule has 0 spiro atoms. The van der Waals surface area contributed by atoms with Gasteiger partial charge in [0.15, 0.2) is 0 Å².